The van der Waals surface area contributed by atoms with Gasteiger partial charge in [-0.25, -0.2) is 0 Å². The summed E-state index contributed by atoms with van der Waals surface area (Å²) in [6, 6.07) is 0. The zero-order chi connectivity index (χ0) is 8.53. The summed E-state index contributed by atoms with van der Waals surface area (Å²) in [6.45, 7) is 5.44. The molecule has 1 heteroatoms. The Morgan fingerprint density at radius 1 is 1.00 bits per heavy atom. The molecule has 0 atom stereocenters. The first-order chi connectivity index (χ1) is 5.35. The van der Waals surface area contributed by atoms with Gasteiger partial charge in [-0.2, -0.15) is 0 Å². The Bertz CT molecular complexity index is 67.3. The molecule has 0 rings (SSSR count). The Labute approximate surface area is 71.4 Å². The van der Waals surface area contributed by atoms with Gasteiger partial charge in [0.1, 0.15) is 0 Å². The van der Waals surface area contributed by atoms with Gasteiger partial charge in [-0.05, 0) is 18.9 Å². The van der Waals surface area contributed by atoms with E-state index < -0.39 is 0 Å². The predicted octanol–water partition coefficient (Wildman–Crippen LogP) is 2.94. The van der Waals surface area contributed by atoms with Crippen LogP contribution in [0.3, 0.4) is 0 Å². The predicted molar refractivity (Wildman–Crippen MR) is 51.6 cm³/mol. The molecule has 0 fully saturated rings. The first-order valence-corrected chi connectivity index (χ1v) is 5.05. The van der Waals surface area contributed by atoms with Crippen molar-refractivity contribution >= 4 is 0 Å². The molecule has 0 spiro atoms. The number of unbranched alkanes of at least 4 members (excludes halogenated alkanes) is 2. The van der Waals surface area contributed by atoms with Crippen molar-refractivity contribution in [2.24, 2.45) is 11.7 Å². The molecule has 0 radical (unpaired) electrons. The molecule has 0 unspecified atom stereocenters. The topological polar surface area (TPSA) is 26.0 Å². The van der Waals surface area contributed by atoms with Crippen LogP contribution in [0.25, 0.3) is 0 Å². The van der Waals surface area contributed by atoms with Crippen molar-refractivity contribution in [3.8, 4) is 0 Å². The molecule has 68 valence electrons. The molecule has 2 N–H and O–H groups in total. The first kappa shape index (κ1) is 11.0. The smallest absolute Gasteiger partial charge is 0.00773 e. The van der Waals surface area contributed by atoms with E-state index in [2.05, 4.69) is 13.8 Å². The zero-order valence-corrected chi connectivity index (χ0v) is 8.10. The average Bonchev–Trinajstić information content (AvgIpc) is 2.05. The summed E-state index contributed by atoms with van der Waals surface area (Å²) in [7, 11) is 0. The van der Waals surface area contributed by atoms with Crippen molar-refractivity contribution < 1.29 is 0 Å². The van der Waals surface area contributed by atoms with Crippen LogP contribution in [0.1, 0.15) is 52.4 Å². The van der Waals surface area contributed by atoms with E-state index in [4.69, 9.17) is 5.73 Å². The largest absolute Gasteiger partial charge is 0.330 e. The maximum atomic E-state index is 5.41. The molecule has 0 saturated heterocycles. The molecule has 0 bridgehead atoms. The third kappa shape index (κ3) is 6.36. The van der Waals surface area contributed by atoms with E-state index in [1.54, 1.807) is 0 Å². The Morgan fingerprint density at radius 3 is 2.09 bits per heavy atom. The Kier molecular flexibility index (Phi) is 8.03. The first-order valence-electron chi connectivity index (χ1n) is 5.05. The van der Waals surface area contributed by atoms with Gasteiger partial charge in [0, 0.05) is 0 Å². The summed E-state index contributed by atoms with van der Waals surface area (Å²) in [5.41, 5.74) is 5.41. The van der Waals surface area contributed by atoms with E-state index in [1.165, 1.54) is 38.5 Å². The van der Waals surface area contributed by atoms with E-state index in [1.807, 2.05) is 0 Å². The monoisotopic (exact) mass is 157 g/mol. The van der Waals surface area contributed by atoms with Crippen molar-refractivity contribution in [3.05, 3.63) is 0 Å². The van der Waals surface area contributed by atoms with Gasteiger partial charge in [-0.15, -0.1) is 0 Å². The number of hydrogen-bond donors (Lipinski definition) is 1. The van der Waals surface area contributed by atoms with Gasteiger partial charge in [0.2, 0.25) is 0 Å². The Morgan fingerprint density at radius 2 is 1.64 bits per heavy atom. The third-order valence-corrected chi connectivity index (χ3v) is 2.47. The summed E-state index contributed by atoms with van der Waals surface area (Å²) in [6.07, 6.45) is 8.02. The van der Waals surface area contributed by atoms with E-state index in [9.17, 15) is 0 Å². The fraction of sp³-hybridized carbons (Fsp3) is 1.00. The Balaban J connectivity index is 3.07. The minimum atomic E-state index is 0.864. The van der Waals surface area contributed by atoms with Crippen molar-refractivity contribution in [3.63, 3.8) is 0 Å². The van der Waals surface area contributed by atoms with Crippen LogP contribution in [-0.4, -0.2) is 6.54 Å². The molecule has 0 aliphatic heterocycles. The molecule has 0 aliphatic carbocycles. The number of hydrogen-bond acceptors (Lipinski definition) is 1. The van der Waals surface area contributed by atoms with Gasteiger partial charge in [0.05, 0.1) is 0 Å². The molecule has 0 heterocycles. The lowest BCUT2D eigenvalue weighted by molar-refractivity contribution is 0.431. The van der Waals surface area contributed by atoms with Gasteiger partial charge < -0.3 is 5.73 Å². The van der Waals surface area contributed by atoms with Gasteiger partial charge in [0.25, 0.3) is 0 Å². The molecule has 0 aliphatic rings. The molecule has 0 aromatic carbocycles. The molecular weight excluding hydrogens is 134 g/mol. The molecular formula is C10H23N. The summed E-state index contributed by atoms with van der Waals surface area (Å²) in [5.74, 6) is 0.966. The quantitative estimate of drug-likeness (QED) is 0.565. The second-order valence-electron chi connectivity index (χ2n) is 3.32. The van der Waals surface area contributed by atoms with Crippen LogP contribution >= 0.6 is 0 Å². The minimum Gasteiger partial charge on any atom is -0.330 e. The molecule has 11 heavy (non-hydrogen) atoms. The minimum absolute atomic E-state index is 0.864. The highest BCUT2D eigenvalue weighted by molar-refractivity contribution is 4.55. The van der Waals surface area contributed by atoms with Gasteiger partial charge in [-0.3, -0.25) is 0 Å². The van der Waals surface area contributed by atoms with Crippen LogP contribution in [0.15, 0.2) is 0 Å². The highest BCUT2D eigenvalue weighted by Gasteiger charge is 2.01. The van der Waals surface area contributed by atoms with Crippen molar-refractivity contribution in [1.29, 1.82) is 0 Å². The zero-order valence-electron chi connectivity index (χ0n) is 8.10. The second-order valence-corrected chi connectivity index (χ2v) is 3.32. The Hall–Kier alpha value is -0.0400. The third-order valence-electron chi connectivity index (χ3n) is 2.47. The normalized spacial score (nSPS) is 10.9. The van der Waals surface area contributed by atoms with E-state index in [-0.39, 0.29) is 0 Å². The van der Waals surface area contributed by atoms with Gasteiger partial charge >= 0.3 is 0 Å². The maximum absolute atomic E-state index is 5.41. The molecule has 0 aromatic rings. The van der Waals surface area contributed by atoms with Crippen LogP contribution in [0.5, 0.6) is 0 Å². The molecule has 1 nitrogen and oxygen atoms in total. The summed E-state index contributed by atoms with van der Waals surface area (Å²) >= 11 is 0. The summed E-state index contributed by atoms with van der Waals surface area (Å²) in [4.78, 5) is 0. The van der Waals surface area contributed by atoms with Gasteiger partial charge in [0.15, 0.2) is 0 Å². The van der Waals surface area contributed by atoms with Crippen LogP contribution < -0.4 is 5.73 Å². The van der Waals surface area contributed by atoms with Crippen LogP contribution in [-0.2, 0) is 0 Å². The fourth-order valence-electron chi connectivity index (χ4n) is 1.45. The lowest BCUT2D eigenvalue weighted by Crippen LogP contribution is -2.00. The highest BCUT2D eigenvalue weighted by atomic mass is 14.5. The molecule has 0 saturated carbocycles. The molecule has 0 amide bonds. The standard InChI is InChI=1S/C10H23N/c1-3-10(4-2)8-6-5-7-9-11/h10H,3-9,11H2,1-2H3. The van der Waals surface area contributed by atoms with Crippen molar-refractivity contribution in [2.75, 3.05) is 6.54 Å². The van der Waals surface area contributed by atoms with E-state index >= 15 is 0 Å². The molecule has 0 aromatic heterocycles. The van der Waals surface area contributed by atoms with Gasteiger partial charge in [-0.1, -0.05) is 46.0 Å². The number of rotatable bonds is 7. The van der Waals surface area contributed by atoms with Crippen LogP contribution in [0.4, 0.5) is 0 Å². The summed E-state index contributed by atoms with van der Waals surface area (Å²) in [5, 5.41) is 0. The van der Waals surface area contributed by atoms with Crippen molar-refractivity contribution in [1.82, 2.24) is 0 Å². The summed E-state index contributed by atoms with van der Waals surface area (Å²) < 4.78 is 0. The maximum Gasteiger partial charge on any atom is -0.00773 e. The van der Waals surface area contributed by atoms with Crippen LogP contribution in [0.2, 0.25) is 0 Å². The average molecular weight is 157 g/mol. The van der Waals surface area contributed by atoms with Crippen molar-refractivity contribution in [2.45, 2.75) is 52.4 Å². The van der Waals surface area contributed by atoms with E-state index in [0.717, 1.165) is 12.5 Å². The van der Waals surface area contributed by atoms with E-state index in [0.29, 0.717) is 0 Å². The SMILES string of the molecule is CCC(CC)CCCCCN. The lowest BCUT2D eigenvalue weighted by atomic mass is 9.96. The number of nitrogens with two attached hydrogens (primary N) is 1. The second kappa shape index (κ2) is 8.06. The highest BCUT2D eigenvalue weighted by Crippen LogP contribution is 2.16. The lowest BCUT2D eigenvalue weighted by Gasteiger charge is -2.10. The fourth-order valence-corrected chi connectivity index (χ4v) is 1.45. The van der Waals surface area contributed by atoms with Crippen LogP contribution in [0, 0.1) is 5.92 Å².